The maximum Gasteiger partial charge on any atom is 0.322 e. The van der Waals surface area contributed by atoms with Gasteiger partial charge in [0.2, 0.25) is 0 Å². The highest BCUT2D eigenvalue weighted by atomic mass is 32.2. The minimum atomic E-state index is -0.606. The van der Waals surface area contributed by atoms with Crippen LogP contribution in [0.25, 0.3) is 0 Å². The Hall–Kier alpha value is -0.000000000000000111. The SMILES string of the molecule is C=CCCC(C)(SC(=S)SCCCCCCCCCCCC)C(=O)OC. The molecule has 0 saturated carbocycles. The van der Waals surface area contributed by atoms with Crippen molar-refractivity contribution in [2.24, 2.45) is 0 Å². The number of unbranched alkanes of at least 4 members (excludes halogenated alkanes) is 9. The second-order valence-corrected chi connectivity index (χ2v) is 10.7. The Morgan fingerprint density at radius 2 is 1.62 bits per heavy atom. The lowest BCUT2D eigenvalue weighted by Gasteiger charge is -2.25. The van der Waals surface area contributed by atoms with E-state index in [1.807, 2.05) is 13.0 Å². The Kier molecular flexibility index (Phi) is 17.1. The summed E-state index contributed by atoms with van der Waals surface area (Å²) in [6.45, 7) is 7.92. The number of rotatable bonds is 16. The number of thiocarbonyl (C=S) groups is 1. The molecule has 0 amide bonds. The summed E-state index contributed by atoms with van der Waals surface area (Å²) < 4.78 is 5.20. The number of thioether (sulfide) groups is 2. The fourth-order valence-electron chi connectivity index (χ4n) is 2.75. The normalized spacial score (nSPS) is 13.2. The van der Waals surface area contributed by atoms with Gasteiger partial charge in [-0.15, -0.1) is 18.3 Å². The molecule has 0 fully saturated rings. The Morgan fingerprint density at radius 3 is 2.12 bits per heavy atom. The van der Waals surface area contributed by atoms with Crippen molar-refractivity contribution in [2.45, 2.75) is 95.6 Å². The van der Waals surface area contributed by atoms with E-state index in [-0.39, 0.29) is 5.97 Å². The van der Waals surface area contributed by atoms with Crippen LogP contribution in [0.4, 0.5) is 0 Å². The number of allylic oxidation sites excluding steroid dienone is 1. The fourth-order valence-corrected chi connectivity index (χ4v) is 5.86. The van der Waals surface area contributed by atoms with Gasteiger partial charge in [-0.3, -0.25) is 4.79 Å². The molecule has 0 rings (SSSR count). The maximum absolute atomic E-state index is 12.1. The average Bonchev–Trinajstić information content (AvgIpc) is 2.63. The Morgan fingerprint density at radius 1 is 1.08 bits per heavy atom. The maximum atomic E-state index is 12.1. The first-order chi connectivity index (χ1) is 12.5. The monoisotopic (exact) mass is 418 g/mol. The first-order valence-electron chi connectivity index (χ1n) is 10.0. The molecule has 0 radical (unpaired) electrons. The van der Waals surface area contributed by atoms with Crippen LogP contribution < -0.4 is 0 Å². The summed E-state index contributed by atoms with van der Waals surface area (Å²) in [5.74, 6) is 0.840. The minimum absolute atomic E-state index is 0.203. The van der Waals surface area contributed by atoms with Crippen LogP contribution in [-0.2, 0) is 9.53 Å². The number of hydrogen-bond donors (Lipinski definition) is 0. The largest absolute Gasteiger partial charge is 0.468 e. The van der Waals surface area contributed by atoms with Gasteiger partial charge >= 0.3 is 5.97 Å². The number of esters is 1. The van der Waals surface area contributed by atoms with Crippen molar-refractivity contribution in [1.29, 1.82) is 0 Å². The number of methoxy groups -OCH3 is 1. The molecule has 0 aliphatic heterocycles. The molecule has 0 aromatic carbocycles. The standard InChI is InChI=1S/C21H38O2S3/c1-5-7-9-10-11-12-13-14-15-16-18-25-20(24)26-21(3,17-8-6-2)19(22)23-4/h6H,2,5,7-18H2,1,3-4H3. The minimum Gasteiger partial charge on any atom is -0.468 e. The van der Waals surface area contributed by atoms with E-state index in [0.29, 0.717) is 6.42 Å². The van der Waals surface area contributed by atoms with E-state index in [4.69, 9.17) is 17.0 Å². The molecule has 0 bridgehead atoms. The summed E-state index contributed by atoms with van der Waals surface area (Å²) in [7, 11) is 1.44. The zero-order chi connectivity index (χ0) is 19.7. The van der Waals surface area contributed by atoms with Gasteiger partial charge in [-0.1, -0.05) is 94.8 Å². The molecule has 0 saturated heterocycles. The second-order valence-electron chi connectivity index (χ2n) is 6.93. The molecule has 0 aromatic rings. The van der Waals surface area contributed by atoms with Crippen LogP contribution in [0.5, 0.6) is 0 Å². The van der Waals surface area contributed by atoms with Crippen molar-refractivity contribution in [1.82, 2.24) is 0 Å². The molecule has 2 nitrogen and oxygen atoms in total. The van der Waals surface area contributed by atoms with E-state index < -0.39 is 4.75 Å². The third-order valence-corrected chi connectivity index (χ3v) is 7.39. The lowest BCUT2D eigenvalue weighted by molar-refractivity contribution is -0.143. The molecule has 26 heavy (non-hydrogen) atoms. The second kappa shape index (κ2) is 17.1. The highest BCUT2D eigenvalue weighted by Crippen LogP contribution is 2.36. The van der Waals surface area contributed by atoms with Gasteiger partial charge in [0, 0.05) is 0 Å². The van der Waals surface area contributed by atoms with Gasteiger partial charge < -0.3 is 4.74 Å². The van der Waals surface area contributed by atoms with Gasteiger partial charge in [-0.05, 0) is 31.9 Å². The lowest BCUT2D eigenvalue weighted by atomic mass is 10.1. The molecule has 0 aliphatic carbocycles. The van der Waals surface area contributed by atoms with Crippen molar-refractivity contribution in [3.05, 3.63) is 12.7 Å². The number of carbonyl (C=O) groups is 1. The summed E-state index contributed by atoms with van der Waals surface area (Å²) in [5.41, 5.74) is 0. The molecule has 1 atom stereocenters. The molecule has 1 unspecified atom stereocenters. The predicted octanol–water partition coefficient (Wildman–Crippen LogP) is 7.56. The first-order valence-corrected chi connectivity index (χ1v) is 12.3. The Labute approximate surface area is 175 Å². The van der Waals surface area contributed by atoms with Crippen molar-refractivity contribution < 1.29 is 9.53 Å². The molecule has 0 aliphatic rings. The van der Waals surface area contributed by atoms with Gasteiger partial charge in [-0.25, -0.2) is 0 Å². The number of ether oxygens (including phenoxy) is 1. The predicted molar refractivity (Wildman–Crippen MR) is 124 cm³/mol. The van der Waals surface area contributed by atoms with Crippen molar-refractivity contribution in [2.75, 3.05) is 12.9 Å². The van der Waals surface area contributed by atoms with Crippen LogP contribution in [0.15, 0.2) is 12.7 Å². The summed E-state index contributed by atoms with van der Waals surface area (Å²) in [5, 5.41) is 0. The zero-order valence-corrected chi connectivity index (χ0v) is 19.5. The van der Waals surface area contributed by atoms with E-state index in [1.165, 1.54) is 83.1 Å². The third kappa shape index (κ3) is 13.2. The summed E-state index contributed by atoms with van der Waals surface area (Å²) >= 11 is 8.66. The van der Waals surface area contributed by atoms with Crippen molar-refractivity contribution in [3.8, 4) is 0 Å². The third-order valence-electron chi connectivity index (χ3n) is 4.47. The molecular formula is C21H38O2S3. The van der Waals surface area contributed by atoms with E-state index in [2.05, 4.69) is 13.5 Å². The Balaban J connectivity index is 3.80. The quantitative estimate of drug-likeness (QED) is 0.111. The summed E-state index contributed by atoms with van der Waals surface area (Å²) in [6, 6.07) is 0. The molecule has 152 valence electrons. The molecular weight excluding hydrogens is 380 g/mol. The van der Waals surface area contributed by atoms with Crippen molar-refractivity contribution in [3.63, 3.8) is 0 Å². The summed E-state index contributed by atoms with van der Waals surface area (Å²) in [4.78, 5) is 12.1. The lowest BCUT2D eigenvalue weighted by Crippen LogP contribution is -2.33. The smallest absolute Gasteiger partial charge is 0.322 e. The molecule has 0 N–H and O–H groups in total. The summed E-state index contributed by atoms with van der Waals surface area (Å²) in [6.07, 6.45) is 16.8. The number of carbonyl (C=O) groups excluding carboxylic acids is 1. The molecule has 0 aromatic heterocycles. The first kappa shape index (κ1) is 26.0. The highest BCUT2D eigenvalue weighted by Gasteiger charge is 2.35. The number of hydrogen-bond acceptors (Lipinski definition) is 5. The Bertz CT molecular complexity index is 399. The van der Waals surface area contributed by atoms with Gasteiger partial charge in [0.25, 0.3) is 0 Å². The molecule has 0 spiro atoms. The van der Waals surface area contributed by atoms with Crippen LogP contribution >= 0.6 is 35.7 Å². The fraction of sp³-hybridized carbons (Fsp3) is 0.810. The van der Waals surface area contributed by atoms with E-state index in [0.717, 1.165) is 15.7 Å². The van der Waals surface area contributed by atoms with E-state index >= 15 is 0 Å². The molecule has 5 heteroatoms. The van der Waals surface area contributed by atoms with Gasteiger partial charge in [0.05, 0.1) is 7.11 Å². The van der Waals surface area contributed by atoms with Crippen LogP contribution in [0, 0.1) is 0 Å². The average molecular weight is 419 g/mol. The van der Waals surface area contributed by atoms with E-state index in [1.54, 1.807) is 11.8 Å². The zero-order valence-electron chi connectivity index (χ0n) is 17.0. The van der Waals surface area contributed by atoms with Crippen LogP contribution in [0.3, 0.4) is 0 Å². The van der Waals surface area contributed by atoms with Crippen LogP contribution in [-0.4, -0.2) is 27.1 Å². The highest BCUT2D eigenvalue weighted by molar-refractivity contribution is 8.47. The van der Waals surface area contributed by atoms with Crippen molar-refractivity contribution >= 4 is 45.2 Å². The van der Waals surface area contributed by atoms with Gasteiger partial charge in [0.15, 0.2) is 0 Å². The molecule has 0 heterocycles. The topological polar surface area (TPSA) is 26.3 Å². The van der Waals surface area contributed by atoms with Gasteiger partial charge in [-0.2, -0.15) is 0 Å². The van der Waals surface area contributed by atoms with E-state index in [9.17, 15) is 4.79 Å². The van der Waals surface area contributed by atoms with Crippen LogP contribution in [0.2, 0.25) is 0 Å². The van der Waals surface area contributed by atoms with Gasteiger partial charge in [0.1, 0.15) is 8.28 Å². The van der Waals surface area contributed by atoms with Crippen LogP contribution in [0.1, 0.15) is 90.9 Å².